The van der Waals surface area contributed by atoms with Crippen molar-refractivity contribution in [2.75, 3.05) is 19.0 Å². The van der Waals surface area contributed by atoms with Gasteiger partial charge in [0, 0.05) is 23.8 Å². The van der Waals surface area contributed by atoms with E-state index in [9.17, 15) is 14.4 Å². The number of anilines is 1. The maximum Gasteiger partial charge on any atom is 0.337 e. The minimum Gasteiger partial charge on any atom is -0.483 e. The minimum absolute atomic E-state index is 0.150. The molecule has 148 valence electrons. The number of pyridine rings is 1. The zero-order valence-electron chi connectivity index (χ0n) is 15.9. The maximum atomic E-state index is 12.5. The first-order valence-corrected chi connectivity index (χ1v) is 8.87. The number of hydrogen-bond acceptors (Lipinski definition) is 5. The average molecular weight is 392 g/mol. The van der Waals surface area contributed by atoms with E-state index in [0.29, 0.717) is 34.3 Å². The first-order chi connectivity index (χ1) is 14.0. The van der Waals surface area contributed by atoms with Crippen molar-refractivity contribution in [1.82, 2.24) is 4.57 Å². The van der Waals surface area contributed by atoms with E-state index in [1.54, 1.807) is 65.4 Å². The van der Waals surface area contributed by atoms with Gasteiger partial charge in [0.2, 0.25) is 0 Å². The van der Waals surface area contributed by atoms with E-state index in [4.69, 9.17) is 4.74 Å². The lowest BCUT2D eigenvalue weighted by Crippen LogP contribution is -2.21. The van der Waals surface area contributed by atoms with Crippen LogP contribution in [0.15, 0.2) is 72.2 Å². The fraction of sp³-hybridized carbons (Fsp3) is 0.136. The Morgan fingerprint density at radius 2 is 1.86 bits per heavy atom. The lowest BCUT2D eigenvalue weighted by Gasteiger charge is -2.11. The Hall–Kier alpha value is -3.87. The van der Waals surface area contributed by atoms with Gasteiger partial charge in [0.05, 0.1) is 18.1 Å². The standard InChI is InChI=1S/C22H20N2O5/c1-3-12-24-13-11-17-18(21(24)26)5-4-6-19(17)29-14-20(25)23-16-9-7-15(8-10-16)22(27)28-2/h3-11,13H,1,12,14H2,2H3,(H,23,25). The van der Waals surface area contributed by atoms with E-state index in [2.05, 4.69) is 16.6 Å². The summed E-state index contributed by atoms with van der Waals surface area (Å²) in [6.45, 7) is 3.83. The Kier molecular flexibility index (Phi) is 6.09. The first-order valence-electron chi connectivity index (χ1n) is 8.87. The van der Waals surface area contributed by atoms with Crippen molar-refractivity contribution in [2.24, 2.45) is 0 Å². The van der Waals surface area contributed by atoms with Crippen LogP contribution in [0.1, 0.15) is 10.4 Å². The molecule has 7 nitrogen and oxygen atoms in total. The van der Waals surface area contributed by atoms with Gasteiger partial charge in [-0.1, -0.05) is 12.1 Å². The molecule has 2 aromatic carbocycles. The Morgan fingerprint density at radius 1 is 1.10 bits per heavy atom. The Labute approximate surface area is 167 Å². The predicted octanol–water partition coefficient (Wildman–Crippen LogP) is 2.99. The molecule has 0 saturated heterocycles. The number of hydrogen-bond donors (Lipinski definition) is 1. The number of nitrogens with zero attached hydrogens (tertiary/aromatic N) is 1. The molecular formula is C22H20N2O5. The molecule has 0 bridgehead atoms. The summed E-state index contributed by atoms with van der Waals surface area (Å²) in [5, 5.41) is 3.83. The molecule has 0 radical (unpaired) electrons. The smallest absolute Gasteiger partial charge is 0.337 e. The van der Waals surface area contributed by atoms with Crippen LogP contribution in [0.5, 0.6) is 5.75 Å². The number of carbonyl (C=O) groups excluding carboxylic acids is 2. The van der Waals surface area contributed by atoms with Crippen LogP contribution in [0.2, 0.25) is 0 Å². The Balaban J connectivity index is 1.69. The molecule has 0 aliphatic carbocycles. The van der Waals surface area contributed by atoms with Crippen LogP contribution >= 0.6 is 0 Å². The van der Waals surface area contributed by atoms with Crippen molar-refractivity contribution < 1.29 is 19.1 Å². The molecule has 1 N–H and O–H groups in total. The van der Waals surface area contributed by atoms with Crippen molar-refractivity contribution in [3.8, 4) is 5.75 Å². The van der Waals surface area contributed by atoms with Gasteiger partial charge in [-0.2, -0.15) is 0 Å². The number of rotatable bonds is 7. The number of nitrogens with one attached hydrogen (secondary N) is 1. The van der Waals surface area contributed by atoms with Gasteiger partial charge in [-0.3, -0.25) is 9.59 Å². The van der Waals surface area contributed by atoms with Gasteiger partial charge in [0.15, 0.2) is 6.61 Å². The lowest BCUT2D eigenvalue weighted by atomic mass is 10.1. The second kappa shape index (κ2) is 8.88. The summed E-state index contributed by atoms with van der Waals surface area (Å²) in [7, 11) is 1.30. The molecule has 3 rings (SSSR count). The Bertz CT molecular complexity index is 1120. The lowest BCUT2D eigenvalue weighted by molar-refractivity contribution is -0.118. The molecule has 1 amide bonds. The number of esters is 1. The maximum absolute atomic E-state index is 12.5. The Morgan fingerprint density at radius 3 is 2.55 bits per heavy atom. The van der Waals surface area contributed by atoms with Gasteiger partial charge < -0.3 is 19.4 Å². The molecule has 0 aliphatic rings. The third-order valence-corrected chi connectivity index (χ3v) is 4.25. The van der Waals surface area contributed by atoms with Crippen LogP contribution in [-0.2, 0) is 16.1 Å². The van der Waals surface area contributed by atoms with Crippen LogP contribution in [0.3, 0.4) is 0 Å². The van der Waals surface area contributed by atoms with Crippen LogP contribution in [0, 0.1) is 0 Å². The normalized spacial score (nSPS) is 10.4. The molecular weight excluding hydrogens is 372 g/mol. The first kappa shape index (κ1) is 19.9. The number of methoxy groups -OCH3 is 1. The highest BCUT2D eigenvalue weighted by molar-refractivity contribution is 5.94. The summed E-state index contributed by atoms with van der Waals surface area (Å²) in [6.07, 6.45) is 3.32. The van der Waals surface area contributed by atoms with Gasteiger partial charge in [-0.15, -0.1) is 6.58 Å². The van der Waals surface area contributed by atoms with Crippen molar-refractivity contribution in [2.45, 2.75) is 6.54 Å². The summed E-state index contributed by atoms with van der Waals surface area (Å²) in [4.78, 5) is 36.1. The number of aromatic nitrogens is 1. The average Bonchev–Trinajstić information content (AvgIpc) is 2.74. The minimum atomic E-state index is -0.450. The highest BCUT2D eigenvalue weighted by Gasteiger charge is 2.10. The third kappa shape index (κ3) is 4.52. The molecule has 7 heteroatoms. The number of ether oxygens (including phenoxy) is 2. The van der Waals surface area contributed by atoms with E-state index in [0.717, 1.165) is 0 Å². The van der Waals surface area contributed by atoms with Gasteiger partial charge in [-0.05, 0) is 42.5 Å². The molecule has 0 fully saturated rings. The van der Waals surface area contributed by atoms with Gasteiger partial charge in [0.1, 0.15) is 5.75 Å². The second-order valence-electron chi connectivity index (χ2n) is 6.19. The number of allylic oxidation sites excluding steroid dienone is 1. The van der Waals surface area contributed by atoms with E-state index in [1.165, 1.54) is 7.11 Å². The highest BCUT2D eigenvalue weighted by atomic mass is 16.5. The van der Waals surface area contributed by atoms with Crippen LogP contribution in [-0.4, -0.2) is 30.2 Å². The topological polar surface area (TPSA) is 86.6 Å². The predicted molar refractivity (Wildman–Crippen MR) is 110 cm³/mol. The summed E-state index contributed by atoms with van der Waals surface area (Å²) in [5.41, 5.74) is 0.763. The van der Waals surface area contributed by atoms with Crippen molar-refractivity contribution in [3.63, 3.8) is 0 Å². The summed E-state index contributed by atoms with van der Waals surface area (Å²) in [5.74, 6) is -0.372. The van der Waals surface area contributed by atoms with E-state index >= 15 is 0 Å². The highest BCUT2D eigenvalue weighted by Crippen LogP contribution is 2.23. The summed E-state index contributed by atoms with van der Waals surface area (Å²) in [6, 6.07) is 13.2. The molecule has 0 unspecified atom stereocenters. The molecule has 0 spiro atoms. The van der Waals surface area contributed by atoms with Gasteiger partial charge >= 0.3 is 5.97 Å². The zero-order chi connectivity index (χ0) is 20.8. The number of benzene rings is 2. The second-order valence-corrected chi connectivity index (χ2v) is 6.19. The van der Waals surface area contributed by atoms with E-state index in [-0.39, 0.29) is 18.1 Å². The molecule has 1 heterocycles. The van der Waals surface area contributed by atoms with Crippen molar-refractivity contribution >= 4 is 28.3 Å². The van der Waals surface area contributed by atoms with E-state index in [1.807, 2.05) is 0 Å². The fourth-order valence-electron chi connectivity index (χ4n) is 2.85. The largest absolute Gasteiger partial charge is 0.483 e. The third-order valence-electron chi connectivity index (χ3n) is 4.25. The monoisotopic (exact) mass is 392 g/mol. The SMILES string of the molecule is C=CCn1ccc2c(OCC(=O)Nc3ccc(C(=O)OC)cc3)cccc2c1=O. The fourth-order valence-corrected chi connectivity index (χ4v) is 2.85. The number of carbonyl (C=O) groups is 2. The molecule has 0 atom stereocenters. The summed E-state index contributed by atoms with van der Waals surface area (Å²) >= 11 is 0. The summed E-state index contributed by atoms with van der Waals surface area (Å²) < 4.78 is 11.8. The van der Waals surface area contributed by atoms with Crippen LogP contribution < -0.4 is 15.6 Å². The van der Waals surface area contributed by atoms with Crippen LogP contribution in [0.25, 0.3) is 10.8 Å². The number of fused-ring (bicyclic) bond motifs is 1. The van der Waals surface area contributed by atoms with Crippen molar-refractivity contribution in [3.05, 3.63) is 83.3 Å². The van der Waals surface area contributed by atoms with Crippen molar-refractivity contribution in [1.29, 1.82) is 0 Å². The zero-order valence-corrected chi connectivity index (χ0v) is 15.9. The molecule has 1 aromatic heterocycles. The van der Waals surface area contributed by atoms with E-state index < -0.39 is 5.97 Å². The molecule has 29 heavy (non-hydrogen) atoms. The quantitative estimate of drug-likeness (QED) is 0.493. The molecule has 3 aromatic rings. The van der Waals surface area contributed by atoms with Gasteiger partial charge in [-0.25, -0.2) is 4.79 Å². The molecule has 0 aliphatic heterocycles. The van der Waals surface area contributed by atoms with Crippen LogP contribution in [0.4, 0.5) is 5.69 Å². The molecule has 0 saturated carbocycles. The number of amides is 1. The van der Waals surface area contributed by atoms with Gasteiger partial charge in [0.25, 0.3) is 11.5 Å².